The molecule has 0 bridgehead atoms. The van der Waals surface area contributed by atoms with E-state index in [1.807, 2.05) is 35.2 Å². The van der Waals surface area contributed by atoms with Crippen LogP contribution >= 0.6 is 0 Å². The van der Waals surface area contributed by atoms with Crippen molar-refractivity contribution in [2.75, 3.05) is 19.6 Å². The van der Waals surface area contributed by atoms with Gasteiger partial charge in [0, 0.05) is 6.54 Å². The van der Waals surface area contributed by atoms with Crippen LogP contribution in [0.3, 0.4) is 0 Å². The summed E-state index contributed by atoms with van der Waals surface area (Å²) in [6.07, 6.45) is 4.68. The van der Waals surface area contributed by atoms with Gasteiger partial charge in [0.05, 0.1) is 12.6 Å². The van der Waals surface area contributed by atoms with Crippen molar-refractivity contribution in [2.24, 2.45) is 0 Å². The van der Waals surface area contributed by atoms with Gasteiger partial charge in [-0.15, -0.1) is 0 Å². The van der Waals surface area contributed by atoms with Crippen LogP contribution in [0.4, 0.5) is 0 Å². The molecule has 1 aromatic rings. The van der Waals surface area contributed by atoms with E-state index in [2.05, 4.69) is 6.92 Å². The lowest BCUT2D eigenvalue weighted by Crippen LogP contribution is -2.47. The molecule has 128 valence electrons. The Morgan fingerprint density at radius 1 is 1.30 bits per heavy atom. The molecule has 23 heavy (non-hydrogen) atoms. The zero-order valence-corrected chi connectivity index (χ0v) is 14.1. The monoisotopic (exact) mass is 319 g/mol. The number of nitrogens with zero attached hydrogens (tertiary/aromatic N) is 1. The van der Waals surface area contributed by atoms with Gasteiger partial charge in [-0.2, -0.15) is 0 Å². The molecule has 0 aliphatic carbocycles. The predicted octanol–water partition coefficient (Wildman–Crippen LogP) is 2.48. The number of ketones is 1. The Labute approximate surface area is 139 Å². The summed E-state index contributed by atoms with van der Waals surface area (Å²) in [4.78, 5) is 14.8. The molecule has 0 saturated carbocycles. The normalized spacial score (nSPS) is 21.8. The van der Waals surface area contributed by atoms with E-state index in [9.17, 15) is 15.0 Å². The van der Waals surface area contributed by atoms with Crippen molar-refractivity contribution < 1.29 is 15.0 Å². The molecule has 2 unspecified atom stereocenters. The van der Waals surface area contributed by atoms with Crippen LogP contribution < -0.4 is 0 Å². The fourth-order valence-corrected chi connectivity index (χ4v) is 3.30. The fourth-order valence-electron chi connectivity index (χ4n) is 3.30. The van der Waals surface area contributed by atoms with Gasteiger partial charge in [-0.1, -0.05) is 50.1 Å². The highest BCUT2D eigenvalue weighted by atomic mass is 16.3. The Morgan fingerprint density at radius 2 is 2.04 bits per heavy atom. The molecule has 2 rings (SSSR count). The third kappa shape index (κ3) is 4.87. The molecule has 2 atom stereocenters. The number of benzene rings is 1. The molecule has 0 spiro atoms. The smallest absolute Gasteiger partial charge is 0.182 e. The van der Waals surface area contributed by atoms with Crippen molar-refractivity contribution in [1.82, 2.24) is 4.90 Å². The van der Waals surface area contributed by atoms with Gasteiger partial charge in [0.25, 0.3) is 0 Å². The van der Waals surface area contributed by atoms with Gasteiger partial charge in [-0.3, -0.25) is 9.69 Å². The second kappa shape index (κ2) is 8.57. The average Bonchev–Trinajstić information content (AvgIpc) is 2.55. The molecule has 1 fully saturated rings. The number of unbranched alkanes of at least 4 members (excludes halogenated alkanes) is 2. The van der Waals surface area contributed by atoms with Crippen LogP contribution in [-0.4, -0.2) is 46.6 Å². The summed E-state index contributed by atoms with van der Waals surface area (Å²) in [5, 5.41) is 20.9. The van der Waals surface area contributed by atoms with Gasteiger partial charge in [0.15, 0.2) is 5.78 Å². The van der Waals surface area contributed by atoms with Crippen LogP contribution in [0.1, 0.15) is 51.0 Å². The number of aliphatic hydroxyl groups excluding tert-OH is 1. The van der Waals surface area contributed by atoms with Crippen LogP contribution in [-0.2, 0) is 10.4 Å². The number of carbonyl (C=O) groups excluding carboxylic acids is 1. The first-order valence-corrected chi connectivity index (χ1v) is 8.78. The van der Waals surface area contributed by atoms with Gasteiger partial charge in [0.1, 0.15) is 5.60 Å². The van der Waals surface area contributed by atoms with E-state index in [1.165, 1.54) is 0 Å². The first-order chi connectivity index (χ1) is 11.1. The molecule has 1 aromatic carbocycles. The highest BCUT2D eigenvalue weighted by molar-refractivity contribution is 5.90. The number of hydrogen-bond donors (Lipinski definition) is 2. The second-order valence-corrected chi connectivity index (χ2v) is 6.64. The van der Waals surface area contributed by atoms with Gasteiger partial charge < -0.3 is 10.2 Å². The van der Waals surface area contributed by atoms with E-state index < -0.39 is 5.60 Å². The van der Waals surface area contributed by atoms with Crippen molar-refractivity contribution in [3.05, 3.63) is 35.9 Å². The van der Waals surface area contributed by atoms with Crippen LogP contribution in [0.25, 0.3) is 0 Å². The number of Topliss-reactive ketones (excluding diaryl/α,β-unsaturated/α-hetero) is 1. The highest BCUT2D eigenvalue weighted by Crippen LogP contribution is 2.29. The first-order valence-electron chi connectivity index (χ1n) is 8.78. The number of carbonyl (C=O) groups is 1. The predicted molar refractivity (Wildman–Crippen MR) is 91.2 cm³/mol. The van der Waals surface area contributed by atoms with Crippen LogP contribution in [0, 0.1) is 0 Å². The first kappa shape index (κ1) is 18.1. The third-order valence-electron chi connectivity index (χ3n) is 4.70. The van der Waals surface area contributed by atoms with Crippen molar-refractivity contribution in [2.45, 2.75) is 57.2 Å². The zero-order valence-electron chi connectivity index (χ0n) is 14.1. The standard InChI is InChI=1S/C19H29NO3/c1-2-3-7-12-19(23,16-9-5-4-6-10-16)18(22)15-20-13-8-11-17(21)14-20/h4-6,9-10,17,21,23H,2-3,7-8,11-15H2,1H3. The molecule has 1 saturated heterocycles. The summed E-state index contributed by atoms with van der Waals surface area (Å²) in [5.74, 6) is -0.158. The van der Waals surface area contributed by atoms with Crippen molar-refractivity contribution in [3.63, 3.8) is 0 Å². The SMILES string of the molecule is CCCCCC(O)(C(=O)CN1CCCC(O)C1)c1ccccc1. The summed E-state index contributed by atoms with van der Waals surface area (Å²) in [6.45, 7) is 3.64. The maximum atomic E-state index is 12.9. The lowest BCUT2D eigenvalue weighted by molar-refractivity contribution is -0.141. The van der Waals surface area contributed by atoms with Crippen molar-refractivity contribution >= 4 is 5.78 Å². The summed E-state index contributed by atoms with van der Waals surface area (Å²) >= 11 is 0. The van der Waals surface area contributed by atoms with E-state index in [0.717, 1.165) is 38.6 Å². The van der Waals surface area contributed by atoms with Crippen LogP contribution in [0.15, 0.2) is 30.3 Å². The van der Waals surface area contributed by atoms with Gasteiger partial charge in [-0.05, 0) is 37.8 Å². The molecule has 1 aliphatic rings. The number of β-amino-alcohol motifs (C(OH)–C–C–N with tert-alkyl or cyclic N) is 1. The molecule has 2 N–H and O–H groups in total. The molecule has 1 aliphatic heterocycles. The fraction of sp³-hybridized carbons (Fsp3) is 0.632. The summed E-state index contributed by atoms with van der Waals surface area (Å²) < 4.78 is 0. The maximum absolute atomic E-state index is 12.9. The number of aliphatic hydroxyl groups is 2. The zero-order chi connectivity index (χ0) is 16.7. The highest BCUT2D eigenvalue weighted by Gasteiger charge is 2.38. The Morgan fingerprint density at radius 3 is 2.70 bits per heavy atom. The Hall–Kier alpha value is -1.23. The van der Waals surface area contributed by atoms with Crippen molar-refractivity contribution in [3.8, 4) is 0 Å². The van der Waals surface area contributed by atoms with Gasteiger partial charge in [-0.25, -0.2) is 0 Å². The van der Waals surface area contributed by atoms with Gasteiger partial charge in [0.2, 0.25) is 0 Å². The van der Waals surface area contributed by atoms with E-state index in [1.54, 1.807) is 0 Å². The molecular formula is C19H29NO3. The minimum atomic E-state index is -1.42. The van der Waals surface area contributed by atoms with E-state index in [0.29, 0.717) is 18.5 Å². The quantitative estimate of drug-likeness (QED) is 0.723. The Bertz CT molecular complexity index is 491. The minimum absolute atomic E-state index is 0.158. The summed E-state index contributed by atoms with van der Waals surface area (Å²) in [7, 11) is 0. The van der Waals surface area contributed by atoms with Crippen LogP contribution in [0.2, 0.25) is 0 Å². The summed E-state index contributed by atoms with van der Waals surface area (Å²) in [6, 6.07) is 9.27. The number of hydrogen-bond acceptors (Lipinski definition) is 4. The maximum Gasteiger partial charge on any atom is 0.182 e. The minimum Gasteiger partial charge on any atom is -0.392 e. The molecule has 0 aromatic heterocycles. The molecular weight excluding hydrogens is 290 g/mol. The largest absolute Gasteiger partial charge is 0.392 e. The number of likely N-dealkylation sites (tertiary alicyclic amines) is 1. The molecule has 1 heterocycles. The molecule has 4 heteroatoms. The van der Waals surface area contributed by atoms with E-state index >= 15 is 0 Å². The molecule has 4 nitrogen and oxygen atoms in total. The lowest BCUT2D eigenvalue weighted by atomic mass is 9.84. The summed E-state index contributed by atoms with van der Waals surface area (Å²) in [5.41, 5.74) is -0.739. The van der Waals surface area contributed by atoms with E-state index in [4.69, 9.17) is 0 Å². The van der Waals surface area contributed by atoms with E-state index in [-0.39, 0.29) is 18.4 Å². The van der Waals surface area contributed by atoms with Crippen molar-refractivity contribution in [1.29, 1.82) is 0 Å². The Kier molecular flexibility index (Phi) is 6.75. The number of piperidine rings is 1. The Balaban J connectivity index is 2.10. The van der Waals surface area contributed by atoms with Crippen LogP contribution in [0.5, 0.6) is 0 Å². The molecule has 0 amide bonds. The van der Waals surface area contributed by atoms with Gasteiger partial charge >= 0.3 is 0 Å². The number of rotatable bonds is 8. The average molecular weight is 319 g/mol. The second-order valence-electron chi connectivity index (χ2n) is 6.64. The lowest BCUT2D eigenvalue weighted by Gasteiger charge is -2.33. The molecule has 0 radical (unpaired) electrons. The topological polar surface area (TPSA) is 60.8 Å². The third-order valence-corrected chi connectivity index (χ3v) is 4.70.